The number of carbonyl (C=O) groups excluding carboxylic acids is 1. The van der Waals surface area contributed by atoms with Crippen molar-refractivity contribution >= 4 is 11.9 Å². The molecule has 3 rings (SSSR count). The molecule has 0 aromatic carbocycles. The van der Waals surface area contributed by atoms with Crippen LogP contribution in [-0.4, -0.2) is 64.9 Å². The van der Waals surface area contributed by atoms with Gasteiger partial charge in [-0.1, -0.05) is 6.92 Å². The number of likely N-dealkylation sites (tertiary alicyclic amines) is 1. The Balaban J connectivity index is 1.58. The van der Waals surface area contributed by atoms with Crippen molar-refractivity contribution in [3.05, 3.63) is 30.2 Å². The van der Waals surface area contributed by atoms with E-state index in [2.05, 4.69) is 27.9 Å². The Morgan fingerprint density at radius 1 is 1.16 bits per heavy atom. The second kappa shape index (κ2) is 7.97. The number of hydrogen-bond acceptors (Lipinski definition) is 6. The van der Waals surface area contributed by atoms with E-state index in [-0.39, 0.29) is 11.5 Å². The monoisotopic (exact) mass is 340 g/mol. The predicted octanol–water partition coefficient (Wildman–Crippen LogP) is 1.26. The summed E-state index contributed by atoms with van der Waals surface area (Å²) in [6, 6.07) is 3.89. The van der Waals surface area contributed by atoms with Gasteiger partial charge in [0.25, 0.3) is 5.91 Å². The first kappa shape index (κ1) is 17.2. The molecule has 0 N–H and O–H groups in total. The first-order valence-electron chi connectivity index (χ1n) is 8.84. The van der Waals surface area contributed by atoms with E-state index < -0.39 is 0 Å². The Morgan fingerprint density at radius 3 is 2.40 bits per heavy atom. The largest absolute Gasteiger partial charge is 0.373 e. The molecule has 0 aliphatic carbocycles. The van der Waals surface area contributed by atoms with Gasteiger partial charge < -0.3 is 14.7 Å². The lowest BCUT2D eigenvalue weighted by Gasteiger charge is -2.34. The highest BCUT2D eigenvalue weighted by molar-refractivity contribution is 5.97. The van der Waals surface area contributed by atoms with Gasteiger partial charge in [0.2, 0.25) is 5.95 Å². The van der Waals surface area contributed by atoms with Crippen molar-refractivity contribution in [1.29, 1.82) is 5.26 Å². The fourth-order valence-electron chi connectivity index (χ4n) is 3.20. The third-order valence-electron chi connectivity index (χ3n) is 4.88. The number of nitriles is 1. The molecule has 1 amide bonds. The highest BCUT2D eigenvalue weighted by atomic mass is 16.2. The smallest absolute Gasteiger partial charge is 0.266 e. The first-order valence-corrected chi connectivity index (χ1v) is 8.84. The number of rotatable bonds is 3. The Labute approximate surface area is 148 Å². The van der Waals surface area contributed by atoms with Gasteiger partial charge in [0.1, 0.15) is 11.6 Å². The van der Waals surface area contributed by atoms with Crippen molar-refractivity contribution in [1.82, 2.24) is 19.8 Å². The van der Waals surface area contributed by atoms with Gasteiger partial charge in [0.05, 0.1) is 0 Å². The minimum Gasteiger partial charge on any atom is -0.373 e. The van der Waals surface area contributed by atoms with Crippen LogP contribution in [-0.2, 0) is 4.79 Å². The van der Waals surface area contributed by atoms with Crippen LogP contribution in [0.5, 0.6) is 0 Å². The van der Waals surface area contributed by atoms with E-state index in [1.807, 2.05) is 9.80 Å². The van der Waals surface area contributed by atoms with Crippen LogP contribution >= 0.6 is 0 Å². The zero-order chi connectivity index (χ0) is 17.6. The zero-order valence-corrected chi connectivity index (χ0v) is 14.6. The van der Waals surface area contributed by atoms with E-state index in [0.29, 0.717) is 5.92 Å². The summed E-state index contributed by atoms with van der Waals surface area (Å²) in [5.74, 6) is 1.25. The molecule has 0 radical (unpaired) electrons. The van der Waals surface area contributed by atoms with Crippen molar-refractivity contribution in [2.75, 3.05) is 44.2 Å². The average molecular weight is 340 g/mol. The number of hydrogen-bond donors (Lipinski definition) is 0. The number of carbonyl (C=O) groups is 1. The third kappa shape index (κ3) is 4.27. The summed E-state index contributed by atoms with van der Waals surface area (Å²) in [5, 5.41) is 9.42. The SMILES string of the molecule is CC1CCN(C(=O)/C(C#N)=C\N2CCN(c3ncccn3)CC2)CC1. The van der Waals surface area contributed by atoms with Gasteiger partial charge in [-0.3, -0.25) is 4.79 Å². The fourth-order valence-corrected chi connectivity index (χ4v) is 3.20. The molecule has 7 heteroatoms. The van der Waals surface area contributed by atoms with Crippen molar-refractivity contribution in [2.45, 2.75) is 19.8 Å². The molecule has 0 atom stereocenters. The summed E-state index contributed by atoms with van der Waals surface area (Å²) < 4.78 is 0. The number of amides is 1. The maximum Gasteiger partial charge on any atom is 0.266 e. The summed E-state index contributed by atoms with van der Waals surface area (Å²) >= 11 is 0. The van der Waals surface area contributed by atoms with E-state index in [4.69, 9.17) is 0 Å². The number of piperazine rings is 1. The van der Waals surface area contributed by atoms with Gasteiger partial charge in [-0.05, 0) is 24.8 Å². The molecule has 0 spiro atoms. The molecule has 1 aromatic heterocycles. The Kier molecular flexibility index (Phi) is 5.49. The maximum absolute atomic E-state index is 12.6. The van der Waals surface area contributed by atoms with Gasteiger partial charge in [-0.25, -0.2) is 9.97 Å². The molecule has 2 fully saturated rings. The van der Waals surface area contributed by atoms with Crippen LogP contribution in [0.3, 0.4) is 0 Å². The molecule has 1 aromatic rings. The standard InChI is InChI=1S/C18H24N6O/c1-15-3-7-23(8-4-15)17(25)16(13-19)14-22-9-11-24(12-10-22)18-20-5-2-6-21-18/h2,5-6,14-15H,3-4,7-12H2,1H3/b16-14-. The van der Waals surface area contributed by atoms with E-state index in [9.17, 15) is 10.1 Å². The molecule has 3 heterocycles. The first-order chi connectivity index (χ1) is 12.2. The molecule has 0 unspecified atom stereocenters. The third-order valence-corrected chi connectivity index (χ3v) is 4.88. The molecular formula is C18H24N6O. The normalized spacial score (nSPS) is 19.7. The topological polar surface area (TPSA) is 76.4 Å². The molecule has 2 aliphatic heterocycles. The molecular weight excluding hydrogens is 316 g/mol. The van der Waals surface area contributed by atoms with E-state index in [0.717, 1.165) is 58.1 Å². The van der Waals surface area contributed by atoms with Crippen LogP contribution in [0, 0.1) is 17.2 Å². The summed E-state index contributed by atoms with van der Waals surface area (Å²) in [5.41, 5.74) is 0.235. The van der Waals surface area contributed by atoms with Crippen molar-refractivity contribution in [3.63, 3.8) is 0 Å². The second-order valence-electron chi connectivity index (χ2n) is 6.70. The van der Waals surface area contributed by atoms with Crippen LogP contribution in [0.2, 0.25) is 0 Å². The lowest BCUT2D eigenvalue weighted by molar-refractivity contribution is -0.128. The van der Waals surface area contributed by atoms with Gasteiger partial charge >= 0.3 is 0 Å². The van der Waals surface area contributed by atoms with Crippen LogP contribution in [0.25, 0.3) is 0 Å². The number of nitrogens with zero attached hydrogens (tertiary/aromatic N) is 6. The Hall–Kier alpha value is -2.62. The summed E-state index contributed by atoms with van der Waals surface area (Å²) in [4.78, 5) is 27.1. The van der Waals surface area contributed by atoms with Crippen LogP contribution in [0.15, 0.2) is 30.2 Å². The highest BCUT2D eigenvalue weighted by Crippen LogP contribution is 2.18. The number of aromatic nitrogens is 2. The lowest BCUT2D eigenvalue weighted by Crippen LogP contribution is -2.45. The molecule has 2 aliphatic rings. The average Bonchev–Trinajstić information content (AvgIpc) is 2.67. The van der Waals surface area contributed by atoms with Gasteiger partial charge in [0, 0.05) is 57.9 Å². The van der Waals surface area contributed by atoms with Crippen LogP contribution in [0.4, 0.5) is 5.95 Å². The van der Waals surface area contributed by atoms with Gasteiger partial charge in [-0.2, -0.15) is 5.26 Å². The predicted molar refractivity (Wildman–Crippen MR) is 94.5 cm³/mol. The molecule has 0 bridgehead atoms. The van der Waals surface area contributed by atoms with Crippen LogP contribution < -0.4 is 4.90 Å². The van der Waals surface area contributed by atoms with E-state index in [1.54, 1.807) is 24.7 Å². The van der Waals surface area contributed by atoms with E-state index in [1.165, 1.54) is 0 Å². The molecule has 132 valence electrons. The quantitative estimate of drug-likeness (QED) is 0.609. The second-order valence-corrected chi connectivity index (χ2v) is 6.70. The molecule has 25 heavy (non-hydrogen) atoms. The van der Waals surface area contributed by atoms with Crippen molar-refractivity contribution in [2.24, 2.45) is 5.92 Å². The van der Waals surface area contributed by atoms with Gasteiger partial charge in [0.15, 0.2) is 0 Å². The number of piperidine rings is 1. The maximum atomic E-state index is 12.6. The minimum atomic E-state index is -0.136. The summed E-state index contributed by atoms with van der Waals surface area (Å²) in [7, 11) is 0. The fraction of sp³-hybridized carbons (Fsp3) is 0.556. The van der Waals surface area contributed by atoms with Crippen molar-refractivity contribution < 1.29 is 4.79 Å². The number of anilines is 1. The Bertz CT molecular complexity index is 652. The van der Waals surface area contributed by atoms with Crippen LogP contribution in [0.1, 0.15) is 19.8 Å². The summed E-state index contributed by atoms with van der Waals surface area (Å²) in [6.45, 7) is 6.74. The molecule has 7 nitrogen and oxygen atoms in total. The highest BCUT2D eigenvalue weighted by Gasteiger charge is 2.24. The zero-order valence-electron chi connectivity index (χ0n) is 14.6. The lowest BCUT2D eigenvalue weighted by atomic mass is 9.99. The minimum absolute atomic E-state index is 0.136. The summed E-state index contributed by atoms with van der Waals surface area (Å²) in [6.07, 6.45) is 7.23. The van der Waals surface area contributed by atoms with Crippen molar-refractivity contribution in [3.8, 4) is 6.07 Å². The molecule has 0 saturated carbocycles. The Morgan fingerprint density at radius 2 is 1.80 bits per heavy atom. The molecule has 2 saturated heterocycles. The van der Waals surface area contributed by atoms with Gasteiger partial charge in [-0.15, -0.1) is 0 Å². The van der Waals surface area contributed by atoms with E-state index >= 15 is 0 Å².